The SMILES string of the molecule is C[C@H](C(=O)OCc1ccccc1)c1ccc(OCc2ccccc2)c(N)c1. The summed E-state index contributed by atoms with van der Waals surface area (Å²) in [6.45, 7) is 2.52. The lowest BCUT2D eigenvalue weighted by molar-refractivity contribution is -0.146. The molecule has 0 radical (unpaired) electrons. The van der Waals surface area contributed by atoms with Crippen LogP contribution in [0.2, 0.25) is 0 Å². The molecule has 3 rings (SSSR count). The van der Waals surface area contributed by atoms with Crippen LogP contribution < -0.4 is 10.5 Å². The number of nitrogens with two attached hydrogens (primary N) is 1. The van der Waals surface area contributed by atoms with E-state index in [1.165, 1.54) is 0 Å². The summed E-state index contributed by atoms with van der Waals surface area (Å²) in [6.07, 6.45) is 0. The van der Waals surface area contributed by atoms with E-state index in [1.807, 2.05) is 73.7 Å². The maximum absolute atomic E-state index is 12.3. The fourth-order valence-corrected chi connectivity index (χ4v) is 2.69. The van der Waals surface area contributed by atoms with Gasteiger partial charge in [0.1, 0.15) is 19.0 Å². The third-order valence-corrected chi connectivity index (χ3v) is 4.35. The number of rotatable bonds is 7. The van der Waals surface area contributed by atoms with Crippen molar-refractivity contribution in [3.05, 3.63) is 95.6 Å². The van der Waals surface area contributed by atoms with Crippen molar-refractivity contribution >= 4 is 11.7 Å². The molecule has 3 aromatic carbocycles. The number of esters is 1. The van der Waals surface area contributed by atoms with Crippen LogP contribution in [-0.2, 0) is 22.7 Å². The number of ether oxygens (including phenoxy) is 2. The van der Waals surface area contributed by atoms with Crippen molar-refractivity contribution in [1.82, 2.24) is 0 Å². The van der Waals surface area contributed by atoms with Gasteiger partial charge in [0.05, 0.1) is 11.6 Å². The third kappa shape index (κ3) is 5.11. The highest BCUT2D eigenvalue weighted by Gasteiger charge is 2.18. The second-order valence-electron chi connectivity index (χ2n) is 6.39. The Bertz CT molecular complexity index is 879. The van der Waals surface area contributed by atoms with Crippen LogP contribution in [0.1, 0.15) is 29.5 Å². The van der Waals surface area contributed by atoms with Gasteiger partial charge in [0, 0.05) is 0 Å². The highest BCUT2D eigenvalue weighted by molar-refractivity contribution is 5.78. The van der Waals surface area contributed by atoms with Gasteiger partial charge < -0.3 is 15.2 Å². The molecule has 138 valence electrons. The first-order chi connectivity index (χ1) is 13.1. The van der Waals surface area contributed by atoms with Gasteiger partial charge in [-0.1, -0.05) is 66.7 Å². The molecule has 0 spiro atoms. The van der Waals surface area contributed by atoms with Gasteiger partial charge in [0.25, 0.3) is 0 Å². The predicted molar refractivity (Wildman–Crippen MR) is 106 cm³/mol. The van der Waals surface area contributed by atoms with Crippen molar-refractivity contribution in [2.24, 2.45) is 0 Å². The Balaban J connectivity index is 1.59. The third-order valence-electron chi connectivity index (χ3n) is 4.35. The minimum atomic E-state index is -0.404. The molecule has 3 aromatic rings. The van der Waals surface area contributed by atoms with Gasteiger partial charge in [-0.15, -0.1) is 0 Å². The van der Waals surface area contributed by atoms with E-state index >= 15 is 0 Å². The topological polar surface area (TPSA) is 61.5 Å². The number of carbonyl (C=O) groups is 1. The molecule has 0 unspecified atom stereocenters. The molecule has 1 atom stereocenters. The molecular weight excluding hydrogens is 338 g/mol. The van der Waals surface area contributed by atoms with Crippen molar-refractivity contribution < 1.29 is 14.3 Å². The van der Waals surface area contributed by atoms with Crippen LogP contribution in [0.5, 0.6) is 5.75 Å². The summed E-state index contributed by atoms with van der Waals surface area (Å²) in [5, 5.41) is 0. The van der Waals surface area contributed by atoms with E-state index in [0.717, 1.165) is 16.7 Å². The lowest BCUT2D eigenvalue weighted by Gasteiger charge is -2.15. The van der Waals surface area contributed by atoms with E-state index in [-0.39, 0.29) is 12.6 Å². The number of hydrogen-bond donors (Lipinski definition) is 1. The van der Waals surface area contributed by atoms with E-state index in [0.29, 0.717) is 18.0 Å². The first-order valence-electron chi connectivity index (χ1n) is 8.90. The fourth-order valence-electron chi connectivity index (χ4n) is 2.69. The maximum Gasteiger partial charge on any atom is 0.313 e. The van der Waals surface area contributed by atoms with Gasteiger partial charge in [0.15, 0.2) is 0 Å². The van der Waals surface area contributed by atoms with Gasteiger partial charge >= 0.3 is 5.97 Å². The fraction of sp³-hybridized carbons (Fsp3) is 0.174. The standard InChI is InChI=1S/C23H23NO3/c1-17(23(25)27-16-19-10-6-3-7-11-19)20-12-13-22(21(24)14-20)26-15-18-8-4-2-5-9-18/h2-14,17H,15-16,24H2,1H3/t17-/m0/s1. The van der Waals surface area contributed by atoms with E-state index < -0.39 is 5.92 Å². The molecule has 0 heterocycles. The Hall–Kier alpha value is -3.27. The highest BCUT2D eigenvalue weighted by atomic mass is 16.5. The van der Waals surface area contributed by atoms with Gasteiger partial charge in [-0.05, 0) is 35.7 Å². The summed E-state index contributed by atoms with van der Waals surface area (Å²) in [7, 11) is 0. The number of hydrogen-bond acceptors (Lipinski definition) is 4. The lowest BCUT2D eigenvalue weighted by Crippen LogP contribution is -2.13. The molecule has 0 fully saturated rings. The number of anilines is 1. The van der Waals surface area contributed by atoms with E-state index in [1.54, 1.807) is 12.1 Å². The number of nitrogen functional groups attached to an aromatic ring is 1. The molecule has 27 heavy (non-hydrogen) atoms. The van der Waals surface area contributed by atoms with E-state index in [9.17, 15) is 4.79 Å². The van der Waals surface area contributed by atoms with Crippen molar-refractivity contribution in [2.45, 2.75) is 26.1 Å². The molecule has 0 saturated heterocycles. The van der Waals surface area contributed by atoms with Crippen molar-refractivity contribution in [3.63, 3.8) is 0 Å². The average Bonchev–Trinajstić information content (AvgIpc) is 2.72. The minimum Gasteiger partial charge on any atom is -0.487 e. The molecule has 0 aliphatic carbocycles. The summed E-state index contributed by atoms with van der Waals surface area (Å²) in [4.78, 5) is 12.3. The van der Waals surface area contributed by atoms with Crippen LogP contribution in [-0.4, -0.2) is 5.97 Å². The van der Waals surface area contributed by atoms with E-state index in [2.05, 4.69) is 0 Å². The number of benzene rings is 3. The monoisotopic (exact) mass is 361 g/mol. The average molecular weight is 361 g/mol. The summed E-state index contributed by atoms with van der Waals surface area (Å²) in [6, 6.07) is 24.9. The van der Waals surface area contributed by atoms with Crippen LogP contribution >= 0.6 is 0 Å². The Morgan fingerprint density at radius 2 is 1.48 bits per heavy atom. The molecule has 0 aliphatic rings. The van der Waals surface area contributed by atoms with Crippen molar-refractivity contribution in [3.8, 4) is 5.75 Å². The van der Waals surface area contributed by atoms with Crippen LogP contribution in [0.15, 0.2) is 78.9 Å². The Kier molecular flexibility index (Phi) is 6.10. The quantitative estimate of drug-likeness (QED) is 0.490. The lowest BCUT2D eigenvalue weighted by atomic mass is 10.0. The van der Waals surface area contributed by atoms with Gasteiger partial charge in [-0.25, -0.2) is 0 Å². The Morgan fingerprint density at radius 1 is 0.889 bits per heavy atom. The Labute approximate surface area is 159 Å². The molecule has 0 aromatic heterocycles. The molecule has 0 aliphatic heterocycles. The summed E-state index contributed by atoms with van der Waals surface area (Å²) >= 11 is 0. The summed E-state index contributed by atoms with van der Waals surface area (Å²) in [5.74, 6) is -0.0807. The van der Waals surface area contributed by atoms with Crippen molar-refractivity contribution in [1.29, 1.82) is 0 Å². The first kappa shape index (κ1) is 18.5. The molecule has 0 amide bonds. The van der Waals surface area contributed by atoms with E-state index in [4.69, 9.17) is 15.2 Å². The highest BCUT2D eigenvalue weighted by Crippen LogP contribution is 2.28. The van der Waals surface area contributed by atoms with Crippen molar-refractivity contribution in [2.75, 3.05) is 5.73 Å². The van der Waals surface area contributed by atoms with Crippen LogP contribution in [0, 0.1) is 0 Å². The van der Waals surface area contributed by atoms with Gasteiger partial charge in [0.2, 0.25) is 0 Å². The predicted octanol–water partition coefficient (Wildman–Crippen LogP) is 4.69. The molecule has 0 bridgehead atoms. The summed E-state index contributed by atoms with van der Waals surface area (Å²) < 4.78 is 11.2. The molecule has 4 heteroatoms. The number of carbonyl (C=O) groups excluding carboxylic acids is 1. The Morgan fingerprint density at radius 3 is 2.07 bits per heavy atom. The smallest absolute Gasteiger partial charge is 0.313 e. The molecule has 2 N–H and O–H groups in total. The second kappa shape index (κ2) is 8.90. The van der Waals surface area contributed by atoms with Crippen LogP contribution in [0.4, 0.5) is 5.69 Å². The summed E-state index contributed by atoms with van der Waals surface area (Å²) in [5.41, 5.74) is 9.45. The maximum atomic E-state index is 12.3. The molecule has 0 saturated carbocycles. The zero-order valence-corrected chi connectivity index (χ0v) is 15.3. The zero-order valence-electron chi connectivity index (χ0n) is 15.3. The molecular formula is C23H23NO3. The van der Waals surface area contributed by atoms with Gasteiger partial charge in [-0.2, -0.15) is 0 Å². The minimum absolute atomic E-state index is 0.262. The van der Waals surface area contributed by atoms with Crippen LogP contribution in [0.25, 0.3) is 0 Å². The normalized spacial score (nSPS) is 11.6. The van der Waals surface area contributed by atoms with Gasteiger partial charge in [-0.3, -0.25) is 4.79 Å². The molecule has 4 nitrogen and oxygen atoms in total. The zero-order chi connectivity index (χ0) is 19.1. The largest absolute Gasteiger partial charge is 0.487 e. The van der Waals surface area contributed by atoms with Crippen LogP contribution in [0.3, 0.4) is 0 Å². The first-order valence-corrected chi connectivity index (χ1v) is 8.90. The second-order valence-corrected chi connectivity index (χ2v) is 6.39.